The lowest BCUT2D eigenvalue weighted by Crippen LogP contribution is -2.65. The van der Waals surface area contributed by atoms with Crippen molar-refractivity contribution < 1.29 is 18.8 Å². The quantitative estimate of drug-likeness (QED) is 0.671. The highest BCUT2D eigenvalue weighted by Gasteiger charge is 2.48. The zero-order chi connectivity index (χ0) is 23.6. The van der Waals surface area contributed by atoms with E-state index in [0.717, 1.165) is 31.2 Å². The molecule has 1 fully saturated rings. The smallest absolute Gasteiger partial charge is 0.273 e. The molecule has 4 rings (SSSR count). The van der Waals surface area contributed by atoms with E-state index in [1.54, 1.807) is 28.5 Å². The molecule has 176 valence electrons. The first-order chi connectivity index (χ1) is 15.8. The summed E-state index contributed by atoms with van der Waals surface area (Å²) in [7, 11) is 0. The van der Waals surface area contributed by atoms with Gasteiger partial charge in [0.2, 0.25) is 5.91 Å². The van der Waals surface area contributed by atoms with Crippen LogP contribution in [0.25, 0.3) is 0 Å². The van der Waals surface area contributed by atoms with Crippen LogP contribution in [0.1, 0.15) is 72.5 Å². The predicted octanol–water partition coefficient (Wildman–Crippen LogP) is 2.64. The first-order valence-electron chi connectivity index (χ1n) is 11.5. The number of nitrogens with one attached hydrogen (secondary N) is 2. The number of amides is 3. The molecule has 2 aromatic rings. The van der Waals surface area contributed by atoms with Gasteiger partial charge in [-0.2, -0.15) is 0 Å². The number of imidazole rings is 1. The van der Waals surface area contributed by atoms with E-state index < -0.39 is 11.4 Å². The minimum absolute atomic E-state index is 0.0291. The molecule has 33 heavy (non-hydrogen) atoms. The Hall–Kier alpha value is -3.23. The summed E-state index contributed by atoms with van der Waals surface area (Å²) in [4.78, 5) is 45.4. The minimum Gasteiger partial charge on any atom is -0.351 e. The maximum Gasteiger partial charge on any atom is 0.273 e. The first-order valence-corrected chi connectivity index (χ1v) is 11.5. The van der Waals surface area contributed by atoms with Gasteiger partial charge in [0, 0.05) is 19.1 Å². The molecule has 1 aliphatic heterocycles. The van der Waals surface area contributed by atoms with E-state index in [-0.39, 0.29) is 48.2 Å². The summed E-state index contributed by atoms with van der Waals surface area (Å²) in [5.74, 6) is -1.39. The molecule has 2 N–H and O–H groups in total. The molecule has 1 atom stereocenters. The summed E-state index contributed by atoms with van der Waals surface area (Å²) >= 11 is 0. The van der Waals surface area contributed by atoms with Crippen molar-refractivity contribution in [3.8, 4) is 0 Å². The number of carbonyl (C=O) groups is 3. The van der Waals surface area contributed by atoms with Gasteiger partial charge in [-0.25, -0.2) is 9.37 Å². The van der Waals surface area contributed by atoms with Crippen LogP contribution in [0.2, 0.25) is 0 Å². The maximum atomic E-state index is 13.5. The monoisotopic (exact) mass is 455 g/mol. The molecule has 0 spiro atoms. The molecule has 1 aromatic carbocycles. The maximum absolute atomic E-state index is 13.5. The van der Waals surface area contributed by atoms with Gasteiger partial charge in [0.05, 0.1) is 12.9 Å². The van der Waals surface area contributed by atoms with Gasteiger partial charge >= 0.3 is 0 Å². The lowest BCUT2D eigenvalue weighted by molar-refractivity contribution is -0.133. The van der Waals surface area contributed by atoms with Gasteiger partial charge in [-0.05, 0) is 43.9 Å². The van der Waals surface area contributed by atoms with E-state index in [0.29, 0.717) is 13.0 Å². The van der Waals surface area contributed by atoms with Crippen LogP contribution in [0.5, 0.6) is 0 Å². The molecule has 3 amide bonds. The van der Waals surface area contributed by atoms with E-state index >= 15 is 0 Å². The standard InChI is InChI=1S/C24H30FN5O3/c1-3-12-30-22(32)20-19(21(31)26-13-16-8-10-17(25)11-9-16)27-15-29(20)14-24(30,2)23(33)28-18-6-4-5-7-18/h8-11,15,18H,3-7,12-14H2,1-2H3,(H,26,31)(H,28,33)/t24-/m0/s1. The van der Waals surface area contributed by atoms with E-state index in [1.807, 2.05) is 6.92 Å². The second kappa shape index (κ2) is 9.33. The van der Waals surface area contributed by atoms with Crippen LogP contribution in [0.15, 0.2) is 30.6 Å². The molecule has 1 aliphatic carbocycles. The number of rotatable bonds is 7. The molecule has 0 saturated heterocycles. The molecule has 9 heteroatoms. The van der Waals surface area contributed by atoms with Crippen molar-refractivity contribution in [2.24, 2.45) is 0 Å². The lowest BCUT2D eigenvalue weighted by atomic mass is 9.93. The molecular weight excluding hydrogens is 425 g/mol. The number of benzene rings is 1. The van der Waals surface area contributed by atoms with Crippen molar-refractivity contribution in [1.29, 1.82) is 0 Å². The Balaban J connectivity index is 1.55. The second-order valence-corrected chi connectivity index (χ2v) is 9.06. The minimum atomic E-state index is -1.06. The third-order valence-corrected chi connectivity index (χ3v) is 6.57. The summed E-state index contributed by atoms with van der Waals surface area (Å²) in [6.07, 6.45) is 6.24. The zero-order valence-corrected chi connectivity index (χ0v) is 19.1. The number of aromatic nitrogens is 2. The third-order valence-electron chi connectivity index (χ3n) is 6.57. The third kappa shape index (κ3) is 4.49. The molecule has 1 aromatic heterocycles. The molecule has 0 bridgehead atoms. The molecule has 2 heterocycles. The van der Waals surface area contributed by atoms with Crippen molar-refractivity contribution in [2.45, 2.75) is 70.6 Å². The number of fused-ring (bicyclic) bond motifs is 1. The zero-order valence-electron chi connectivity index (χ0n) is 19.1. The van der Waals surface area contributed by atoms with Crippen LogP contribution in [0.4, 0.5) is 4.39 Å². The lowest BCUT2D eigenvalue weighted by Gasteiger charge is -2.44. The van der Waals surface area contributed by atoms with Crippen molar-refractivity contribution >= 4 is 17.7 Å². The average molecular weight is 456 g/mol. The largest absolute Gasteiger partial charge is 0.351 e. The Kier molecular flexibility index (Phi) is 6.49. The second-order valence-electron chi connectivity index (χ2n) is 9.06. The Labute approximate surface area is 192 Å². The summed E-state index contributed by atoms with van der Waals surface area (Å²) in [5.41, 5.74) is -0.119. The topological polar surface area (TPSA) is 96.3 Å². The summed E-state index contributed by atoms with van der Waals surface area (Å²) in [5, 5.41) is 5.87. The fourth-order valence-corrected chi connectivity index (χ4v) is 4.71. The van der Waals surface area contributed by atoms with Gasteiger partial charge in [0.1, 0.15) is 17.1 Å². The fraction of sp³-hybridized carbons (Fsp3) is 0.500. The normalized spacial score (nSPS) is 20.6. The number of nitrogens with zero attached hydrogens (tertiary/aromatic N) is 3. The number of halogens is 1. The Morgan fingerprint density at radius 2 is 1.91 bits per heavy atom. The molecule has 0 radical (unpaired) electrons. The van der Waals surface area contributed by atoms with Gasteiger partial charge in [-0.3, -0.25) is 14.4 Å². The SMILES string of the molecule is CCCN1C(=O)c2c(C(=O)NCc3ccc(F)cc3)ncn2C[C@@]1(C)C(=O)NC1CCCC1. The van der Waals surface area contributed by atoms with Crippen molar-refractivity contribution in [3.63, 3.8) is 0 Å². The summed E-state index contributed by atoms with van der Waals surface area (Å²) in [6, 6.07) is 5.96. The Morgan fingerprint density at radius 3 is 2.58 bits per heavy atom. The van der Waals surface area contributed by atoms with Crippen LogP contribution in [0, 0.1) is 5.82 Å². The molecule has 1 saturated carbocycles. The van der Waals surface area contributed by atoms with E-state index in [2.05, 4.69) is 15.6 Å². The van der Waals surface area contributed by atoms with Gasteiger partial charge in [-0.1, -0.05) is 31.9 Å². The van der Waals surface area contributed by atoms with Crippen LogP contribution in [0.3, 0.4) is 0 Å². The predicted molar refractivity (Wildman–Crippen MR) is 120 cm³/mol. The Morgan fingerprint density at radius 1 is 1.21 bits per heavy atom. The van der Waals surface area contributed by atoms with Crippen molar-refractivity contribution in [3.05, 3.63) is 53.4 Å². The highest BCUT2D eigenvalue weighted by atomic mass is 19.1. The van der Waals surface area contributed by atoms with Crippen molar-refractivity contribution in [1.82, 2.24) is 25.1 Å². The molecule has 8 nitrogen and oxygen atoms in total. The summed E-state index contributed by atoms with van der Waals surface area (Å²) in [6.45, 7) is 4.53. The molecule has 0 unspecified atom stereocenters. The van der Waals surface area contributed by atoms with Gasteiger partial charge in [0.15, 0.2) is 5.69 Å². The van der Waals surface area contributed by atoms with Crippen molar-refractivity contribution in [2.75, 3.05) is 6.54 Å². The summed E-state index contributed by atoms with van der Waals surface area (Å²) < 4.78 is 14.7. The van der Waals surface area contributed by atoms with Crippen LogP contribution in [-0.4, -0.2) is 50.3 Å². The highest BCUT2D eigenvalue weighted by Crippen LogP contribution is 2.30. The first kappa shape index (κ1) is 22.9. The fourth-order valence-electron chi connectivity index (χ4n) is 4.71. The van der Waals surface area contributed by atoms with Crippen LogP contribution >= 0.6 is 0 Å². The highest BCUT2D eigenvalue weighted by molar-refractivity contribution is 6.07. The van der Waals surface area contributed by atoms with Crippen LogP contribution in [-0.2, 0) is 17.9 Å². The molecule has 2 aliphatic rings. The van der Waals surface area contributed by atoms with E-state index in [1.165, 1.54) is 18.5 Å². The Bertz CT molecular complexity index is 1040. The van der Waals surface area contributed by atoms with Gasteiger partial charge < -0.3 is 20.1 Å². The average Bonchev–Trinajstić information content (AvgIpc) is 3.46. The van der Waals surface area contributed by atoms with E-state index in [9.17, 15) is 18.8 Å². The van der Waals surface area contributed by atoms with E-state index in [4.69, 9.17) is 0 Å². The number of hydrogen-bond donors (Lipinski definition) is 2. The number of carbonyl (C=O) groups excluding carboxylic acids is 3. The van der Waals surface area contributed by atoms with Gasteiger partial charge in [0.25, 0.3) is 11.8 Å². The van der Waals surface area contributed by atoms with Crippen LogP contribution < -0.4 is 10.6 Å². The van der Waals surface area contributed by atoms with Gasteiger partial charge in [-0.15, -0.1) is 0 Å². The molecular formula is C24H30FN5O3. The number of hydrogen-bond acceptors (Lipinski definition) is 4.